The molecule has 0 aliphatic rings. The van der Waals surface area contributed by atoms with Crippen molar-refractivity contribution in [3.63, 3.8) is 0 Å². The molecule has 0 saturated heterocycles. The highest BCUT2D eigenvalue weighted by atomic mass is 28.4. The lowest BCUT2D eigenvalue weighted by molar-refractivity contribution is 0.0559. The Morgan fingerprint density at radius 2 is 1.67 bits per heavy atom. The molecule has 0 aliphatic carbocycles. The Morgan fingerprint density at radius 3 is 2.00 bits per heavy atom. The summed E-state index contributed by atoms with van der Waals surface area (Å²) in [5, 5.41) is 0. The van der Waals surface area contributed by atoms with Crippen molar-refractivity contribution in [1.82, 2.24) is 4.98 Å². The Bertz CT molecular complexity index is 167. The molecule has 0 saturated carbocycles. The van der Waals surface area contributed by atoms with Crippen LogP contribution in [-0.4, -0.2) is 36.3 Å². The zero-order valence-corrected chi connectivity index (χ0v) is 11.8. The van der Waals surface area contributed by atoms with Gasteiger partial charge in [0.1, 0.15) is 0 Å². The molecule has 0 rings (SSSR count). The van der Waals surface area contributed by atoms with Gasteiger partial charge in [-0.15, -0.1) is 0 Å². The van der Waals surface area contributed by atoms with E-state index in [9.17, 15) is 0 Å². The van der Waals surface area contributed by atoms with Gasteiger partial charge in [-0.1, -0.05) is 27.7 Å². The van der Waals surface area contributed by atoms with Crippen LogP contribution in [0, 0.1) is 5.41 Å². The molecule has 5 heteroatoms. The summed E-state index contributed by atoms with van der Waals surface area (Å²) in [5.74, 6) is 0. The van der Waals surface area contributed by atoms with Gasteiger partial charge in [0.2, 0.25) is 0 Å². The molecule has 0 atom stereocenters. The third kappa shape index (κ3) is 6.27. The number of rotatable bonds is 7. The fourth-order valence-electron chi connectivity index (χ4n) is 0.986. The molecule has 0 aliphatic heterocycles. The van der Waals surface area contributed by atoms with Crippen LogP contribution in [0.2, 0.25) is 0 Å². The van der Waals surface area contributed by atoms with E-state index < -0.39 is 8.97 Å². The van der Waals surface area contributed by atoms with Crippen LogP contribution in [0.15, 0.2) is 0 Å². The summed E-state index contributed by atoms with van der Waals surface area (Å²) in [7, 11) is 0.628. The molecule has 1 N–H and O–H groups in total. The van der Waals surface area contributed by atoms with Crippen molar-refractivity contribution in [3.8, 4) is 0 Å². The van der Waals surface area contributed by atoms with Crippen LogP contribution in [-0.2, 0) is 13.3 Å². The Hall–Kier alpha value is 0.0569. The van der Waals surface area contributed by atoms with Gasteiger partial charge < -0.3 is 13.3 Å². The van der Waals surface area contributed by atoms with Crippen LogP contribution in [0.25, 0.3) is 0 Å². The molecule has 0 unspecified atom stereocenters. The summed E-state index contributed by atoms with van der Waals surface area (Å²) >= 11 is 0. The van der Waals surface area contributed by atoms with Gasteiger partial charge in [-0.25, -0.2) is 0 Å². The van der Waals surface area contributed by atoms with Gasteiger partial charge in [0.15, 0.2) is 0 Å². The third-order valence-electron chi connectivity index (χ3n) is 1.82. The molecule has 92 valence electrons. The Morgan fingerprint density at radius 1 is 1.13 bits per heavy atom. The van der Waals surface area contributed by atoms with Crippen molar-refractivity contribution in [3.05, 3.63) is 0 Å². The summed E-state index contributed by atoms with van der Waals surface area (Å²) < 4.78 is 16.5. The van der Waals surface area contributed by atoms with Crippen molar-refractivity contribution in [2.45, 2.75) is 34.1 Å². The second-order valence-corrected chi connectivity index (χ2v) is 7.31. The average Bonchev–Trinajstić information content (AvgIpc) is 2.18. The van der Waals surface area contributed by atoms with E-state index in [1.54, 1.807) is 14.2 Å². The van der Waals surface area contributed by atoms with Crippen LogP contribution in [0.4, 0.5) is 0 Å². The predicted molar refractivity (Wildman–Crippen MR) is 63.5 cm³/mol. The summed E-state index contributed by atoms with van der Waals surface area (Å²) in [6, 6.07) is 0. The summed E-state index contributed by atoms with van der Waals surface area (Å²) in [6.07, 6.45) is 1.03. The molecule has 0 bridgehead atoms. The molecular weight excluding hydrogens is 210 g/mol. The van der Waals surface area contributed by atoms with Crippen molar-refractivity contribution in [2.24, 2.45) is 5.41 Å². The largest absolute Gasteiger partial charge is 0.596 e. The van der Waals surface area contributed by atoms with E-state index in [0.717, 1.165) is 13.0 Å². The van der Waals surface area contributed by atoms with Gasteiger partial charge in [0.05, 0.1) is 0 Å². The van der Waals surface area contributed by atoms with E-state index in [4.69, 9.17) is 13.3 Å². The second-order valence-electron chi connectivity index (χ2n) is 4.74. The maximum absolute atomic E-state index is 5.78. The smallest absolute Gasteiger partial charge is 0.364 e. The van der Waals surface area contributed by atoms with Crippen LogP contribution in [0.1, 0.15) is 34.1 Å². The summed E-state index contributed by atoms with van der Waals surface area (Å²) in [5.41, 5.74) is 0.114. The molecule has 0 spiro atoms. The van der Waals surface area contributed by atoms with Gasteiger partial charge in [0, 0.05) is 20.8 Å². The quantitative estimate of drug-likeness (QED) is 0.683. The first-order valence-corrected chi connectivity index (χ1v) is 7.11. The maximum atomic E-state index is 5.78. The zero-order valence-electron chi connectivity index (χ0n) is 10.8. The number of nitrogens with one attached hydrogen (secondary N) is 1. The maximum Gasteiger partial charge on any atom is 0.596 e. The van der Waals surface area contributed by atoms with Crippen LogP contribution in [0.5, 0.6) is 0 Å². The van der Waals surface area contributed by atoms with Gasteiger partial charge in [-0.05, 0) is 18.4 Å². The highest BCUT2D eigenvalue weighted by molar-refractivity contribution is 6.57. The van der Waals surface area contributed by atoms with Crippen molar-refractivity contribution >= 4 is 8.97 Å². The normalized spacial score (nSPS) is 13.2. The molecule has 4 nitrogen and oxygen atoms in total. The van der Waals surface area contributed by atoms with E-state index in [1.165, 1.54) is 0 Å². The molecule has 0 fully saturated rings. The van der Waals surface area contributed by atoms with Crippen LogP contribution in [0.3, 0.4) is 0 Å². The van der Waals surface area contributed by atoms with Gasteiger partial charge in [-0.3, -0.25) is 4.98 Å². The van der Waals surface area contributed by atoms with E-state index in [0.29, 0.717) is 6.61 Å². The van der Waals surface area contributed by atoms with Crippen LogP contribution < -0.4 is 4.98 Å². The predicted octanol–water partition coefficient (Wildman–Crippen LogP) is 1.78. The van der Waals surface area contributed by atoms with Gasteiger partial charge in [0.25, 0.3) is 0 Å². The molecule has 0 radical (unpaired) electrons. The van der Waals surface area contributed by atoms with E-state index in [1.807, 2.05) is 0 Å². The minimum absolute atomic E-state index is 0.114. The fraction of sp³-hybridized carbons (Fsp3) is 1.00. The first-order chi connectivity index (χ1) is 6.89. The highest BCUT2D eigenvalue weighted by Gasteiger charge is 2.40. The molecule has 0 aromatic rings. The highest BCUT2D eigenvalue weighted by Crippen LogP contribution is 2.16. The lowest BCUT2D eigenvalue weighted by Gasteiger charge is -2.29. The van der Waals surface area contributed by atoms with E-state index in [-0.39, 0.29) is 5.41 Å². The average molecular weight is 235 g/mol. The SMILES string of the molecule is CCCN[Si](OC)(OC)OCC(C)(C)C. The van der Waals surface area contributed by atoms with E-state index >= 15 is 0 Å². The van der Waals surface area contributed by atoms with Gasteiger partial charge in [-0.2, -0.15) is 0 Å². The number of hydrogen-bond donors (Lipinski definition) is 1. The van der Waals surface area contributed by atoms with Crippen LogP contribution >= 0.6 is 0 Å². The second kappa shape index (κ2) is 6.60. The molecular formula is C10H25NO3Si. The molecule has 0 aromatic heterocycles. The molecule has 0 amide bonds. The monoisotopic (exact) mass is 235 g/mol. The first-order valence-electron chi connectivity index (χ1n) is 5.38. The Balaban J connectivity index is 4.23. The number of hydrogen-bond acceptors (Lipinski definition) is 4. The topological polar surface area (TPSA) is 39.7 Å². The zero-order chi connectivity index (χ0) is 11.9. The van der Waals surface area contributed by atoms with Crippen molar-refractivity contribution < 1.29 is 13.3 Å². The molecule has 15 heavy (non-hydrogen) atoms. The van der Waals surface area contributed by atoms with Gasteiger partial charge >= 0.3 is 8.97 Å². The van der Waals surface area contributed by atoms with E-state index in [2.05, 4.69) is 32.7 Å². The Kier molecular flexibility index (Phi) is 6.62. The standard InChI is InChI=1S/C10H25NO3Si/c1-7-8-11-15(12-5,13-6)14-9-10(2,3)4/h11H,7-9H2,1-6H3. The summed E-state index contributed by atoms with van der Waals surface area (Å²) in [6.45, 7) is 9.93. The fourth-order valence-corrected chi connectivity index (χ4v) is 2.96. The first kappa shape index (κ1) is 15.1. The third-order valence-corrected chi connectivity index (χ3v) is 4.11. The van der Waals surface area contributed by atoms with Crippen molar-refractivity contribution in [1.29, 1.82) is 0 Å². The lowest BCUT2D eigenvalue weighted by atomic mass is 9.99. The molecule has 0 heterocycles. The minimum atomic E-state index is -2.62. The Labute approximate surface area is 94.7 Å². The minimum Gasteiger partial charge on any atom is -0.364 e. The molecule has 0 aromatic carbocycles. The lowest BCUT2D eigenvalue weighted by Crippen LogP contribution is -2.58. The summed E-state index contributed by atoms with van der Waals surface area (Å²) in [4.78, 5) is 3.23. The van der Waals surface area contributed by atoms with Crippen molar-refractivity contribution in [2.75, 3.05) is 27.4 Å².